The van der Waals surface area contributed by atoms with E-state index in [1.165, 1.54) is 14.0 Å². The molecule has 164 valence electrons. The molecule has 0 N–H and O–H groups in total. The second-order valence-electron chi connectivity index (χ2n) is 5.16. The van der Waals surface area contributed by atoms with Crippen LogP contribution in [0.1, 0.15) is 25.2 Å². The van der Waals surface area contributed by atoms with Gasteiger partial charge in [-0.1, -0.05) is 0 Å². The highest BCUT2D eigenvalue weighted by Gasteiger charge is 2.45. The van der Waals surface area contributed by atoms with Crippen LogP contribution >= 0.6 is 0 Å². The van der Waals surface area contributed by atoms with Crippen molar-refractivity contribution in [3.63, 3.8) is 0 Å². The lowest BCUT2D eigenvalue weighted by atomic mass is 10.3. The molecule has 0 aliphatic heterocycles. The van der Waals surface area contributed by atoms with Crippen LogP contribution in [0.3, 0.4) is 0 Å². The molecule has 0 atom stereocenters. The molecule has 0 saturated heterocycles. The van der Waals surface area contributed by atoms with Crippen molar-refractivity contribution in [2.24, 2.45) is 0 Å². The Balaban J connectivity index is 0.000000296. The first-order valence-corrected chi connectivity index (χ1v) is 7.87. The van der Waals surface area contributed by atoms with Crippen LogP contribution in [0.2, 0.25) is 0 Å². The summed E-state index contributed by atoms with van der Waals surface area (Å²) in [4.78, 5) is 9.40. The molecule has 0 aromatic carbocycles. The highest BCUT2D eigenvalue weighted by atomic mass is 19.4. The van der Waals surface area contributed by atoms with Gasteiger partial charge in [0.15, 0.2) is 5.69 Å². The SMILES string of the molecule is CCn1nc(C(F)(F)F)c([N+](=O)[O-])c1OC.CCn1nc(C(F)(F)F)cc1OC. The Morgan fingerprint density at radius 3 is 1.86 bits per heavy atom. The van der Waals surface area contributed by atoms with E-state index in [-0.39, 0.29) is 12.4 Å². The molecule has 2 rings (SSSR count). The fourth-order valence-corrected chi connectivity index (χ4v) is 2.14. The summed E-state index contributed by atoms with van der Waals surface area (Å²) in [5, 5.41) is 17.0. The monoisotopic (exact) mass is 433 g/mol. The van der Waals surface area contributed by atoms with Gasteiger partial charge < -0.3 is 9.47 Å². The third-order valence-corrected chi connectivity index (χ3v) is 3.37. The number of methoxy groups -OCH3 is 2. The van der Waals surface area contributed by atoms with E-state index in [0.29, 0.717) is 6.54 Å². The molecular weight excluding hydrogens is 416 g/mol. The van der Waals surface area contributed by atoms with Crippen molar-refractivity contribution in [2.45, 2.75) is 39.3 Å². The predicted octanol–water partition coefficient (Wildman–Crippen LogP) is 3.77. The van der Waals surface area contributed by atoms with Gasteiger partial charge in [-0.05, 0) is 13.8 Å². The van der Waals surface area contributed by atoms with E-state index in [2.05, 4.69) is 14.9 Å². The van der Waals surface area contributed by atoms with Crippen molar-refractivity contribution in [2.75, 3.05) is 14.2 Å². The molecule has 15 heteroatoms. The third kappa shape index (κ3) is 5.51. The van der Waals surface area contributed by atoms with Gasteiger partial charge in [0, 0.05) is 19.2 Å². The second kappa shape index (κ2) is 9.00. The van der Waals surface area contributed by atoms with Gasteiger partial charge in [-0.15, -0.1) is 0 Å². The van der Waals surface area contributed by atoms with Crippen molar-refractivity contribution in [3.05, 3.63) is 27.6 Å². The van der Waals surface area contributed by atoms with E-state index >= 15 is 0 Å². The minimum atomic E-state index is -4.88. The lowest BCUT2D eigenvalue weighted by molar-refractivity contribution is -0.389. The number of alkyl halides is 6. The number of aryl methyl sites for hydroxylation is 2. The Hall–Kier alpha value is -3.00. The summed E-state index contributed by atoms with van der Waals surface area (Å²) < 4.78 is 84.9. The maximum atomic E-state index is 12.4. The molecule has 0 spiro atoms. The first-order chi connectivity index (χ1) is 13.3. The van der Waals surface area contributed by atoms with Crippen molar-refractivity contribution < 1.29 is 40.7 Å². The van der Waals surface area contributed by atoms with Gasteiger partial charge in [0.1, 0.15) is 0 Å². The first-order valence-electron chi connectivity index (χ1n) is 7.87. The van der Waals surface area contributed by atoms with Gasteiger partial charge in [-0.3, -0.25) is 10.1 Å². The minimum Gasteiger partial charge on any atom is -0.481 e. The van der Waals surface area contributed by atoms with E-state index in [0.717, 1.165) is 22.5 Å². The van der Waals surface area contributed by atoms with Crippen LogP contribution in [0.4, 0.5) is 32.0 Å². The van der Waals surface area contributed by atoms with E-state index in [9.17, 15) is 36.5 Å². The normalized spacial score (nSPS) is 11.7. The Kier molecular flexibility index (Phi) is 7.46. The van der Waals surface area contributed by atoms with Crippen LogP contribution in [0, 0.1) is 10.1 Å². The highest BCUT2D eigenvalue weighted by Crippen LogP contribution is 2.40. The maximum Gasteiger partial charge on any atom is 0.442 e. The van der Waals surface area contributed by atoms with Crippen LogP contribution in [0.5, 0.6) is 11.8 Å². The summed E-state index contributed by atoms with van der Waals surface area (Å²) in [6.45, 7) is 3.58. The minimum absolute atomic E-state index is 0.0418. The van der Waals surface area contributed by atoms with Crippen LogP contribution in [0.25, 0.3) is 0 Å². The zero-order valence-electron chi connectivity index (χ0n) is 15.6. The maximum absolute atomic E-state index is 12.4. The molecule has 0 radical (unpaired) electrons. The van der Waals surface area contributed by atoms with Gasteiger partial charge in [0.25, 0.3) is 5.88 Å². The van der Waals surface area contributed by atoms with E-state index in [4.69, 9.17) is 4.74 Å². The van der Waals surface area contributed by atoms with Crippen LogP contribution in [-0.4, -0.2) is 38.7 Å². The molecule has 9 nitrogen and oxygen atoms in total. The summed E-state index contributed by atoms with van der Waals surface area (Å²) in [6, 6.07) is 0.878. The number of rotatable bonds is 5. The van der Waals surface area contributed by atoms with Crippen LogP contribution in [0.15, 0.2) is 6.07 Å². The van der Waals surface area contributed by atoms with Crippen molar-refractivity contribution in [1.29, 1.82) is 0 Å². The number of nitro groups is 1. The number of hydrogen-bond acceptors (Lipinski definition) is 6. The van der Waals surface area contributed by atoms with E-state index in [1.54, 1.807) is 6.92 Å². The number of ether oxygens (including phenoxy) is 2. The van der Waals surface area contributed by atoms with Crippen molar-refractivity contribution in [1.82, 2.24) is 19.6 Å². The van der Waals surface area contributed by atoms with Gasteiger partial charge in [0.2, 0.25) is 11.6 Å². The topological polar surface area (TPSA) is 97.2 Å². The largest absolute Gasteiger partial charge is 0.481 e. The first kappa shape index (κ1) is 24.0. The van der Waals surface area contributed by atoms with Gasteiger partial charge in [-0.25, -0.2) is 9.36 Å². The van der Waals surface area contributed by atoms with Crippen molar-refractivity contribution >= 4 is 5.69 Å². The van der Waals surface area contributed by atoms with E-state index < -0.39 is 40.2 Å². The Labute approximate surface area is 160 Å². The average Bonchev–Trinajstić information content (AvgIpc) is 3.22. The standard InChI is InChI=1S/C7H8F3N3O3.C7H9F3N2O/c1-3-12-6(16-2)4(13(14)15)5(11-12)7(8,9)10;1-3-12-6(13-2)4-5(11-12)7(8,9)10/h3H2,1-2H3;4H,3H2,1-2H3. The molecule has 2 aromatic rings. The summed E-state index contributed by atoms with van der Waals surface area (Å²) >= 11 is 0. The molecule has 0 amide bonds. The van der Waals surface area contributed by atoms with Gasteiger partial charge in [0.05, 0.1) is 19.1 Å². The summed E-state index contributed by atoms with van der Waals surface area (Å²) in [5.41, 5.74) is -3.63. The fraction of sp³-hybridized carbons (Fsp3) is 0.571. The molecular formula is C14H17F6N5O4. The lowest BCUT2D eigenvalue weighted by Crippen LogP contribution is -2.09. The quantitative estimate of drug-likeness (QED) is 0.405. The smallest absolute Gasteiger partial charge is 0.442 e. The van der Waals surface area contributed by atoms with Gasteiger partial charge >= 0.3 is 18.0 Å². The Morgan fingerprint density at radius 1 is 1.00 bits per heavy atom. The number of nitrogens with zero attached hydrogens (tertiary/aromatic N) is 5. The van der Waals surface area contributed by atoms with E-state index in [1.807, 2.05) is 0 Å². The molecule has 2 aromatic heterocycles. The number of aromatic nitrogens is 4. The van der Waals surface area contributed by atoms with Crippen LogP contribution in [-0.2, 0) is 25.4 Å². The van der Waals surface area contributed by atoms with Crippen molar-refractivity contribution in [3.8, 4) is 11.8 Å². The summed E-state index contributed by atoms with van der Waals surface area (Å²) in [6.07, 6.45) is -9.29. The molecule has 2 heterocycles. The Bertz CT molecular complexity index is 821. The summed E-state index contributed by atoms with van der Waals surface area (Å²) in [5.74, 6) is -0.380. The zero-order valence-corrected chi connectivity index (χ0v) is 15.6. The molecule has 0 unspecified atom stereocenters. The second-order valence-corrected chi connectivity index (χ2v) is 5.16. The molecule has 29 heavy (non-hydrogen) atoms. The zero-order chi connectivity index (χ0) is 22.6. The molecule has 0 saturated carbocycles. The van der Waals surface area contributed by atoms with Gasteiger partial charge in [-0.2, -0.15) is 36.5 Å². The molecule has 0 fully saturated rings. The van der Waals surface area contributed by atoms with Crippen LogP contribution < -0.4 is 9.47 Å². The Morgan fingerprint density at radius 2 is 1.55 bits per heavy atom. The summed E-state index contributed by atoms with van der Waals surface area (Å²) in [7, 11) is 2.36. The lowest BCUT2D eigenvalue weighted by Gasteiger charge is -2.00. The predicted molar refractivity (Wildman–Crippen MR) is 85.6 cm³/mol. The highest BCUT2D eigenvalue weighted by molar-refractivity contribution is 5.47. The third-order valence-electron chi connectivity index (χ3n) is 3.37. The number of hydrogen-bond donors (Lipinski definition) is 0. The average molecular weight is 433 g/mol. The fourth-order valence-electron chi connectivity index (χ4n) is 2.14. The molecule has 0 bridgehead atoms. The number of halogens is 6. The molecule has 0 aliphatic carbocycles. The molecule has 0 aliphatic rings.